The van der Waals surface area contributed by atoms with Crippen molar-refractivity contribution in [2.45, 2.75) is 20.0 Å². The third kappa shape index (κ3) is 6.64. The van der Waals surface area contributed by atoms with E-state index < -0.39 is 0 Å². The van der Waals surface area contributed by atoms with Crippen LogP contribution in [0.15, 0.2) is 72.6 Å². The van der Waals surface area contributed by atoms with Gasteiger partial charge in [0.1, 0.15) is 30.5 Å². The van der Waals surface area contributed by atoms with E-state index in [4.69, 9.17) is 9.47 Å². The molecule has 0 bridgehead atoms. The van der Waals surface area contributed by atoms with Crippen LogP contribution in [0.1, 0.15) is 18.9 Å². The number of anilines is 1. The predicted octanol–water partition coefficient (Wildman–Crippen LogP) is 4.98. The smallest absolute Gasteiger partial charge is 0.123 e. The Labute approximate surface area is 172 Å². The van der Waals surface area contributed by atoms with Gasteiger partial charge in [-0.1, -0.05) is 19.1 Å². The summed E-state index contributed by atoms with van der Waals surface area (Å²) in [5, 5.41) is 0. The van der Waals surface area contributed by atoms with Gasteiger partial charge in [0.2, 0.25) is 0 Å². The molecule has 0 fully saturated rings. The fourth-order valence-corrected chi connectivity index (χ4v) is 3.07. The average Bonchev–Trinajstić information content (AvgIpc) is 2.74. The van der Waals surface area contributed by atoms with E-state index in [1.165, 1.54) is 12.1 Å². The molecule has 0 saturated carbocycles. The average molecular weight is 397 g/mol. The summed E-state index contributed by atoms with van der Waals surface area (Å²) in [5.41, 5.74) is 2.05. The number of benzene rings is 2. The zero-order valence-corrected chi connectivity index (χ0v) is 17.2. The summed E-state index contributed by atoms with van der Waals surface area (Å²) in [6, 6.07) is 14.5. The van der Waals surface area contributed by atoms with Crippen molar-refractivity contribution in [1.29, 1.82) is 0 Å². The third-order valence-electron chi connectivity index (χ3n) is 4.74. The molecular formula is C24H29FN2O2. The van der Waals surface area contributed by atoms with E-state index in [0.29, 0.717) is 13.2 Å². The number of nitrogens with zero attached hydrogens (tertiary/aromatic N) is 2. The lowest BCUT2D eigenvalue weighted by Crippen LogP contribution is -2.24. The summed E-state index contributed by atoms with van der Waals surface area (Å²) in [6.07, 6.45) is 7.15. The van der Waals surface area contributed by atoms with Crippen LogP contribution < -0.4 is 9.64 Å². The van der Waals surface area contributed by atoms with Crippen LogP contribution in [0.25, 0.3) is 0 Å². The number of ether oxygens (including phenoxy) is 2. The number of hydrogen-bond acceptors (Lipinski definition) is 4. The molecule has 0 atom stereocenters. The molecule has 0 aromatic heterocycles. The summed E-state index contributed by atoms with van der Waals surface area (Å²) in [6.45, 7) is 6.05. The zero-order valence-electron chi connectivity index (χ0n) is 17.2. The minimum absolute atomic E-state index is 0.235. The van der Waals surface area contributed by atoms with Gasteiger partial charge < -0.3 is 19.3 Å². The van der Waals surface area contributed by atoms with Crippen molar-refractivity contribution in [1.82, 2.24) is 4.90 Å². The number of allylic oxidation sites excluding steroid dienone is 1. The second kappa shape index (κ2) is 10.7. The highest BCUT2D eigenvalue weighted by Gasteiger charge is 2.08. The van der Waals surface area contributed by atoms with Crippen LogP contribution in [0.5, 0.6) is 5.75 Å². The van der Waals surface area contributed by atoms with Crippen LogP contribution in [0.3, 0.4) is 0 Å². The number of rotatable bonds is 10. The van der Waals surface area contributed by atoms with E-state index in [9.17, 15) is 4.39 Å². The lowest BCUT2D eigenvalue weighted by atomic mass is 10.2. The first-order chi connectivity index (χ1) is 14.1. The molecule has 0 N–H and O–H groups in total. The lowest BCUT2D eigenvalue weighted by molar-refractivity contribution is 0.209. The van der Waals surface area contributed by atoms with E-state index in [1.807, 2.05) is 30.5 Å². The van der Waals surface area contributed by atoms with Crippen molar-refractivity contribution in [3.05, 3.63) is 84.0 Å². The maximum atomic E-state index is 13.0. The summed E-state index contributed by atoms with van der Waals surface area (Å²) < 4.78 is 24.6. The van der Waals surface area contributed by atoms with Crippen LogP contribution >= 0.6 is 0 Å². The molecule has 1 heterocycles. The van der Waals surface area contributed by atoms with Crippen molar-refractivity contribution in [3.8, 4) is 5.75 Å². The second-order valence-electron chi connectivity index (χ2n) is 7.14. The molecule has 0 amide bonds. The molecule has 0 saturated heterocycles. The molecule has 2 aromatic rings. The highest BCUT2D eigenvalue weighted by molar-refractivity contribution is 5.53. The predicted molar refractivity (Wildman–Crippen MR) is 115 cm³/mol. The number of likely N-dealkylation sites (N-methyl/N-ethyl adjacent to an activating group) is 1. The van der Waals surface area contributed by atoms with Crippen molar-refractivity contribution in [3.63, 3.8) is 0 Å². The maximum Gasteiger partial charge on any atom is 0.123 e. The van der Waals surface area contributed by atoms with Gasteiger partial charge in [-0.15, -0.1) is 0 Å². The highest BCUT2D eigenvalue weighted by Crippen LogP contribution is 2.22. The van der Waals surface area contributed by atoms with Crippen LogP contribution in [0.2, 0.25) is 0 Å². The molecule has 5 heteroatoms. The van der Waals surface area contributed by atoms with E-state index in [1.54, 1.807) is 12.1 Å². The molecule has 0 aliphatic carbocycles. The van der Waals surface area contributed by atoms with Crippen LogP contribution in [-0.2, 0) is 11.3 Å². The summed E-state index contributed by atoms with van der Waals surface area (Å²) in [4.78, 5) is 4.42. The van der Waals surface area contributed by atoms with E-state index in [0.717, 1.165) is 48.8 Å². The normalized spacial score (nSPS) is 13.5. The summed E-state index contributed by atoms with van der Waals surface area (Å²) >= 11 is 0. The molecule has 0 radical (unpaired) electrons. The van der Waals surface area contributed by atoms with E-state index in [-0.39, 0.29) is 5.82 Å². The first-order valence-corrected chi connectivity index (χ1v) is 10.1. The molecule has 4 nitrogen and oxygen atoms in total. The SMILES string of the molecule is CCCN(C)CCOc1ccc(N2C=CC(OCc3ccc(F)cc3)=CC2)cc1. The molecule has 1 aliphatic rings. The van der Waals surface area contributed by atoms with Gasteiger partial charge in [-0.3, -0.25) is 0 Å². The van der Waals surface area contributed by atoms with Gasteiger partial charge in [-0.05, 0) is 74.1 Å². The fourth-order valence-electron chi connectivity index (χ4n) is 3.07. The van der Waals surface area contributed by atoms with Gasteiger partial charge in [0.25, 0.3) is 0 Å². The monoisotopic (exact) mass is 396 g/mol. The van der Waals surface area contributed by atoms with Gasteiger partial charge in [0.15, 0.2) is 0 Å². The van der Waals surface area contributed by atoms with Gasteiger partial charge in [0, 0.05) is 25.0 Å². The Morgan fingerprint density at radius 2 is 1.76 bits per heavy atom. The van der Waals surface area contributed by atoms with Crippen molar-refractivity contribution in [2.24, 2.45) is 0 Å². The Hall–Kier alpha value is -2.79. The Morgan fingerprint density at radius 1 is 1.00 bits per heavy atom. The maximum absolute atomic E-state index is 13.0. The van der Waals surface area contributed by atoms with Crippen LogP contribution in [0.4, 0.5) is 10.1 Å². The first kappa shape index (κ1) is 20.9. The van der Waals surface area contributed by atoms with Gasteiger partial charge in [0.05, 0.1) is 0 Å². The number of hydrogen-bond donors (Lipinski definition) is 0. The standard InChI is InChI=1S/C24H29FN2O2/c1-3-14-26(2)17-18-28-23-10-8-22(9-11-23)27-15-12-24(13-16-27)29-19-20-4-6-21(25)7-5-20/h4-13,15H,3,14,16-19H2,1-2H3. The Morgan fingerprint density at radius 3 is 2.41 bits per heavy atom. The van der Waals surface area contributed by atoms with E-state index >= 15 is 0 Å². The molecule has 1 aliphatic heterocycles. The molecule has 3 rings (SSSR count). The lowest BCUT2D eigenvalue weighted by Gasteiger charge is -2.23. The topological polar surface area (TPSA) is 24.9 Å². The molecular weight excluding hydrogens is 367 g/mol. The Balaban J connectivity index is 1.44. The van der Waals surface area contributed by atoms with Crippen molar-refractivity contribution < 1.29 is 13.9 Å². The Kier molecular flexibility index (Phi) is 7.70. The minimum atomic E-state index is -0.235. The minimum Gasteiger partial charge on any atom is -0.492 e. The molecule has 2 aromatic carbocycles. The molecule has 0 spiro atoms. The zero-order chi connectivity index (χ0) is 20.5. The van der Waals surface area contributed by atoms with Crippen LogP contribution in [0, 0.1) is 5.82 Å². The Bertz CT molecular complexity index is 816. The molecule has 0 unspecified atom stereocenters. The van der Waals surface area contributed by atoms with Gasteiger partial charge >= 0.3 is 0 Å². The van der Waals surface area contributed by atoms with E-state index in [2.05, 4.69) is 35.9 Å². The second-order valence-corrected chi connectivity index (χ2v) is 7.14. The summed E-state index contributed by atoms with van der Waals surface area (Å²) in [7, 11) is 2.11. The van der Waals surface area contributed by atoms with Crippen molar-refractivity contribution >= 4 is 5.69 Å². The van der Waals surface area contributed by atoms with Gasteiger partial charge in [-0.2, -0.15) is 0 Å². The van der Waals surface area contributed by atoms with Crippen LogP contribution in [-0.4, -0.2) is 38.2 Å². The first-order valence-electron chi connectivity index (χ1n) is 10.1. The molecule has 154 valence electrons. The fraction of sp³-hybridized carbons (Fsp3) is 0.333. The quantitative estimate of drug-likeness (QED) is 0.565. The third-order valence-corrected chi connectivity index (χ3v) is 4.74. The van der Waals surface area contributed by atoms with Gasteiger partial charge in [-0.25, -0.2) is 4.39 Å². The molecule has 29 heavy (non-hydrogen) atoms. The van der Waals surface area contributed by atoms with Crippen molar-refractivity contribution in [2.75, 3.05) is 38.2 Å². The number of halogens is 1. The largest absolute Gasteiger partial charge is 0.492 e. The summed E-state index contributed by atoms with van der Waals surface area (Å²) in [5.74, 6) is 1.47. The highest BCUT2D eigenvalue weighted by atomic mass is 19.1.